The minimum atomic E-state index is -0.346. The van der Waals surface area contributed by atoms with E-state index in [0.717, 1.165) is 27.8 Å². The highest BCUT2D eigenvalue weighted by Gasteiger charge is 2.09. The number of hydrogen-bond acceptors (Lipinski definition) is 6. The van der Waals surface area contributed by atoms with Crippen molar-refractivity contribution < 1.29 is 4.42 Å². The zero-order valence-electron chi connectivity index (χ0n) is 13.2. The Kier molecular flexibility index (Phi) is 4.09. The molecule has 5 nitrogen and oxygen atoms in total. The molecule has 3 aromatic rings. The average molecular weight is 327 g/mol. The Labute approximate surface area is 137 Å². The van der Waals surface area contributed by atoms with E-state index in [1.54, 1.807) is 6.07 Å². The van der Waals surface area contributed by atoms with Gasteiger partial charge in [0.1, 0.15) is 11.4 Å². The van der Waals surface area contributed by atoms with Gasteiger partial charge in [-0.25, -0.2) is 14.8 Å². The average Bonchev–Trinajstić information content (AvgIpc) is 2.45. The molecule has 0 saturated carbocycles. The van der Waals surface area contributed by atoms with E-state index >= 15 is 0 Å². The minimum absolute atomic E-state index is 0.346. The number of anilines is 1. The van der Waals surface area contributed by atoms with Crippen LogP contribution in [0.4, 0.5) is 5.82 Å². The lowest BCUT2D eigenvalue weighted by atomic mass is 10.0. The molecule has 0 bridgehead atoms. The Balaban J connectivity index is 1.99. The summed E-state index contributed by atoms with van der Waals surface area (Å²) in [6.07, 6.45) is 0. The molecule has 0 aliphatic heterocycles. The molecule has 6 heteroatoms. The normalized spacial score (nSPS) is 11.1. The minimum Gasteiger partial charge on any atom is -0.423 e. The summed E-state index contributed by atoms with van der Waals surface area (Å²) in [5.74, 6) is 1.02. The summed E-state index contributed by atoms with van der Waals surface area (Å²) in [6.45, 7) is 5.92. The highest BCUT2D eigenvalue weighted by Crippen LogP contribution is 2.27. The fourth-order valence-electron chi connectivity index (χ4n) is 2.37. The topological polar surface area (TPSA) is 82.0 Å². The third kappa shape index (κ3) is 3.37. The second-order valence-corrected chi connectivity index (χ2v) is 6.47. The van der Waals surface area contributed by atoms with Gasteiger partial charge >= 0.3 is 5.63 Å². The van der Waals surface area contributed by atoms with E-state index in [2.05, 4.69) is 16.0 Å². The van der Waals surface area contributed by atoms with Crippen LogP contribution in [0.5, 0.6) is 0 Å². The van der Waals surface area contributed by atoms with E-state index < -0.39 is 0 Å². The smallest absolute Gasteiger partial charge is 0.336 e. The number of hydrogen-bond donors (Lipinski definition) is 1. The zero-order valence-corrected chi connectivity index (χ0v) is 14.0. The molecule has 0 fully saturated rings. The number of aryl methyl sites for hydroxylation is 3. The van der Waals surface area contributed by atoms with Gasteiger partial charge in [0.05, 0.1) is 0 Å². The number of fused-ring (bicyclic) bond motifs is 1. The van der Waals surface area contributed by atoms with Crippen molar-refractivity contribution in [3.05, 3.63) is 57.1 Å². The molecule has 2 N–H and O–H groups in total. The van der Waals surface area contributed by atoms with E-state index in [0.29, 0.717) is 22.3 Å². The molecular formula is C17H17N3O2S. The molecule has 0 atom stereocenters. The van der Waals surface area contributed by atoms with Gasteiger partial charge in [-0.3, -0.25) is 0 Å². The first-order valence-corrected chi connectivity index (χ1v) is 8.19. The van der Waals surface area contributed by atoms with Crippen molar-refractivity contribution in [2.75, 3.05) is 5.73 Å². The van der Waals surface area contributed by atoms with Crippen molar-refractivity contribution in [2.45, 2.75) is 31.7 Å². The van der Waals surface area contributed by atoms with Crippen LogP contribution >= 0.6 is 11.8 Å². The molecule has 23 heavy (non-hydrogen) atoms. The van der Waals surface area contributed by atoms with E-state index in [1.807, 2.05) is 26.8 Å². The first-order chi connectivity index (χ1) is 10.9. The lowest BCUT2D eigenvalue weighted by Crippen LogP contribution is -2.01. The van der Waals surface area contributed by atoms with Gasteiger partial charge in [-0.1, -0.05) is 11.8 Å². The molecule has 2 aromatic heterocycles. The van der Waals surface area contributed by atoms with Gasteiger partial charge in [0.2, 0.25) is 0 Å². The first kappa shape index (κ1) is 15.6. The predicted octanol–water partition coefficient (Wildman–Crippen LogP) is 3.38. The molecule has 0 saturated heterocycles. The molecule has 0 amide bonds. The highest BCUT2D eigenvalue weighted by molar-refractivity contribution is 7.98. The fraction of sp³-hybridized carbons (Fsp3) is 0.235. The number of benzene rings is 1. The maximum atomic E-state index is 11.8. The largest absolute Gasteiger partial charge is 0.423 e. The Morgan fingerprint density at radius 3 is 2.57 bits per heavy atom. The summed E-state index contributed by atoms with van der Waals surface area (Å²) in [6, 6.07) is 7.21. The number of nitrogen functional groups attached to an aromatic ring is 1. The number of thioether (sulfide) groups is 1. The number of rotatable bonds is 3. The van der Waals surface area contributed by atoms with Gasteiger partial charge in [-0.15, -0.1) is 0 Å². The Morgan fingerprint density at radius 1 is 1.09 bits per heavy atom. The van der Waals surface area contributed by atoms with E-state index in [4.69, 9.17) is 10.2 Å². The van der Waals surface area contributed by atoms with Gasteiger partial charge in [-0.2, -0.15) is 0 Å². The molecule has 0 unspecified atom stereocenters. The van der Waals surface area contributed by atoms with Gasteiger partial charge in [0.25, 0.3) is 0 Å². The maximum absolute atomic E-state index is 11.8. The summed E-state index contributed by atoms with van der Waals surface area (Å²) in [5, 5.41) is 1.55. The summed E-state index contributed by atoms with van der Waals surface area (Å²) < 4.78 is 5.31. The second-order valence-electron chi connectivity index (χ2n) is 5.53. The van der Waals surface area contributed by atoms with Crippen LogP contribution in [-0.4, -0.2) is 9.97 Å². The van der Waals surface area contributed by atoms with Gasteiger partial charge in [-0.05, 0) is 49.6 Å². The van der Waals surface area contributed by atoms with E-state index in [9.17, 15) is 4.79 Å². The van der Waals surface area contributed by atoms with Gasteiger partial charge < -0.3 is 10.2 Å². The molecule has 118 valence electrons. The van der Waals surface area contributed by atoms with Crippen LogP contribution < -0.4 is 11.4 Å². The number of nitrogens with zero attached hydrogens (tertiary/aromatic N) is 2. The fourth-order valence-corrected chi connectivity index (χ4v) is 3.28. The van der Waals surface area contributed by atoms with Crippen LogP contribution in [0.2, 0.25) is 0 Å². The van der Waals surface area contributed by atoms with Crippen molar-refractivity contribution in [1.82, 2.24) is 9.97 Å². The van der Waals surface area contributed by atoms with Gasteiger partial charge in [0.15, 0.2) is 5.16 Å². The quantitative estimate of drug-likeness (QED) is 0.451. The molecule has 0 aliphatic rings. The third-order valence-electron chi connectivity index (χ3n) is 3.65. The van der Waals surface area contributed by atoms with E-state index in [-0.39, 0.29) is 5.63 Å². The summed E-state index contributed by atoms with van der Waals surface area (Å²) in [5.41, 5.74) is 10.0. The first-order valence-electron chi connectivity index (χ1n) is 7.20. The second kappa shape index (κ2) is 6.04. The summed E-state index contributed by atoms with van der Waals surface area (Å²) in [4.78, 5) is 20.4. The van der Waals surface area contributed by atoms with Crippen LogP contribution in [0.3, 0.4) is 0 Å². The SMILES string of the molecule is Cc1cc(N)nc(SCc2cc(=O)oc3cc(C)c(C)cc23)n1. The Morgan fingerprint density at radius 2 is 1.83 bits per heavy atom. The van der Waals surface area contributed by atoms with Gasteiger partial charge in [0, 0.05) is 29.0 Å². The molecular weight excluding hydrogens is 310 g/mol. The Bertz CT molecular complexity index is 930. The van der Waals surface area contributed by atoms with Crippen molar-refractivity contribution >= 4 is 28.5 Å². The van der Waals surface area contributed by atoms with Crippen LogP contribution in [0.15, 0.2) is 38.6 Å². The van der Waals surface area contributed by atoms with E-state index in [1.165, 1.54) is 17.8 Å². The monoisotopic (exact) mass is 327 g/mol. The standard InChI is InChI=1S/C17H17N3O2S/c1-9-4-13-12(7-16(21)22-14(13)5-10(9)2)8-23-17-19-11(3)6-15(18)20-17/h4-7H,8H2,1-3H3,(H2,18,19,20). The summed E-state index contributed by atoms with van der Waals surface area (Å²) in [7, 11) is 0. The predicted molar refractivity (Wildman–Crippen MR) is 92.7 cm³/mol. The molecule has 0 spiro atoms. The molecule has 3 rings (SSSR count). The lowest BCUT2D eigenvalue weighted by molar-refractivity contribution is 0.559. The summed E-state index contributed by atoms with van der Waals surface area (Å²) >= 11 is 1.45. The number of aromatic nitrogens is 2. The lowest BCUT2D eigenvalue weighted by Gasteiger charge is -2.08. The molecule has 0 radical (unpaired) electrons. The van der Waals surface area contributed by atoms with Crippen LogP contribution in [0, 0.1) is 20.8 Å². The maximum Gasteiger partial charge on any atom is 0.336 e. The van der Waals surface area contributed by atoms with Crippen molar-refractivity contribution in [3.8, 4) is 0 Å². The molecule has 1 aromatic carbocycles. The third-order valence-corrected chi connectivity index (χ3v) is 4.55. The van der Waals surface area contributed by atoms with Crippen molar-refractivity contribution in [1.29, 1.82) is 0 Å². The van der Waals surface area contributed by atoms with Crippen LogP contribution in [0.25, 0.3) is 11.0 Å². The van der Waals surface area contributed by atoms with Crippen LogP contribution in [0.1, 0.15) is 22.4 Å². The highest BCUT2D eigenvalue weighted by atomic mass is 32.2. The molecule has 0 aliphatic carbocycles. The van der Waals surface area contributed by atoms with Crippen molar-refractivity contribution in [3.63, 3.8) is 0 Å². The number of nitrogens with two attached hydrogens (primary N) is 1. The van der Waals surface area contributed by atoms with Crippen LogP contribution in [-0.2, 0) is 5.75 Å². The van der Waals surface area contributed by atoms with Crippen molar-refractivity contribution in [2.24, 2.45) is 0 Å². The Hall–Kier alpha value is -2.34. The zero-order chi connectivity index (χ0) is 16.6. The molecule has 2 heterocycles.